The Morgan fingerprint density at radius 2 is 1.96 bits per heavy atom. The van der Waals surface area contributed by atoms with Crippen molar-refractivity contribution in [2.24, 2.45) is 13.0 Å². The number of hydrogen-bond acceptors (Lipinski definition) is 3. The van der Waals surface area contributed by atoms with Gasteiger partial charge in [0.15, 0.2) is 0 Å². The van der Waals surface area contributed by atoms with Crippen LogP contribution >= 0.6 is 0 Å². The second-order valence-electron chi connectivity index (χ2n) is 8.58. The van der Waals surface area contributed by atoms with Crippen molar-refractivity contribution in [2.75, 3.05) is 19.6 Å². The molecular formula is C22H30N4O. The summed E-state index contributed by atoms with van der Waals surface area (Å²) in [6.45, 7) is 8.72. The minimum absolute atomic E-state index is 0.0537. The minimum Gasteiger partial charge on any atom is -0.337 e. The van der Waals surface area contributed by atoms with Gasteiger partial charge in [-0.2, -0.15) is 5.10 Å². The number of carbonyl (C=O) groups excluding carboxylic acids is 1. The molecule has 0 N–H and O–H groups in total. The molecule has 1 amide bonds. The van der Waals surface area contributed by atoms with E-state index >= 15 is 0 Å². The second-order valence-corrected chi connectivity index (χ2v) is 8.58. The van der Waals surface area contributed by atoms with Crippen LogP contribution in [0.4, 0.5) is 0 Å². The maximum atomic E-state index is 12.7. The summed E-state index contributed by atoms with van der Waals surface area (Å²) in [6, 6.07) is 8.76. The number of aryl methyl sites for hydroxylation is 1. The summed E-state index contributed by atoms with van der Waals surface area (Å²) in [7, 11) is 1.97. The first-order valence-corrected chi connectivity index (χ1v) is 10.0. The number of benzene rings is 1. The molecule has 4 rings (SSSR count). The Morgan fingerprint density at radius 3 is 2.63 bits per heavy atom. The van der Waals surface area contributed by atoms with Gasteiger partial charge >= 0.3 is 0 Å². The Labute approximate surface area is 162 Å². The number of nitrogens with zero attached hydrogens (tertiary/aromatic N) is 4. The predicted octanol–water partition coefficient (Wildman–Crippen LogP) is 2.95. The summed E-state index contributed by atoms with van der Waals surface area (Å²) in [5.41, 5.74) is 4.18. The zero-order valence-electron chi connectivity index (χ0n) is 16.7. The third kappa shape index (κ3) is 3.53. The van der Waals surface area contributed by atoms with E-state index in [9.17, 15) is 4.79 Å². The van der Waals surface area contributed by atoms with E-state index in [4.69, 9.17) is 0 Å². The molecule has 0 saturated carbocycles. The van der Waals surface area contributed by atoms with Crippen molar-refractivity contribution >= 4 is 5.91 Å². The highest BCUT2D eigenvalue weighted by Gasteiger charge is 2.43. The molecule has 0 atom stereocenters. The minimum atomic E-state index is 0.0537. The summed E-state index contributed by atoms with van der Waals surface area (Å²) in [4.78, 5) is 17.4. The van der Waals surface area contributed by atoms with Crippen molar-refractivity contribution in [2.45, 2.75) is 45.2 Å². The van der Waals surface area contributed by atoms with Crippen LogP contribution in [0.15, 0.2) is 36.7 Å². The van der Waals surface area contributed by atoms with Crippen molar-refractivity contribution in [1.82, 2.24) is 19.6 Å². The van der Waals surface area contributed by atoms with Gasteiger partial charge in [-0.05, 0) is 37.1 Å². The smallest absolute Gasteiger partial charge is 0.225 e. The molecule has 0 radical (unpaired) electrons. The van der Waals surface area contributed by atoms with Gasteiger partial charge in [0.2, 0.25) is 5.91 Å². The lowest BCUT2D eigenvalue weighted by Crippen LogP contribution is -2.53. The van der Waals surface area contributed by atoms with Gasteiger partial charge < -0.3 is 4.90 Å². The number of carbonyl (C=O) groups is 1. The molecule has 1 aromatic carbocycles. The van der Waals surface area contributed by atoms with E-state index in [1.54, 1.807) is 0 Å². The van der Waals surface area contributed by atoms with Crippen molar-refractivity contribution in [1.29, 1.82) is 0 Å². The maximum Gasteiger partial charge on any atom is 0.225 e. The van der Waals surface area contributed by atoms with Gasteiger partial charge in [-0.15, -0.1) is 0 Å². The number of piperidine rings is 1. The van der Waals surface area contributed by atoms with E-state index in [1.807, 2.05) is 31.8 Å². The van der Waals surface area contributed by atoms with Gasteiger partial charge in [-0.3, -0.25) is 14.4 Å². The Bertz CT molecular complexity index is 817. The molecule has 2 aromatic rings. The van der Waals surface area contributed by atoms with Crippen LogP contribution in [-0.2, 0) is 30.3 Å². The van der Waals surface area contributed by atoms with Crippen LogP contribution in [0.2, 0.25) is 0 Å². The monoisotopic (exact) mass is 366 g/mol. The van der Waals surface area contributed by atoms with Gasteiger partial charge in [0.25, 0.3) is 0 Å². The Morgan fingerprint density at radius 1 is 1.22 bits per heavy atom. The second kappa shape index (κ2) is 7.12. The molecule has 144 valence electrons. The molecule has 27 heavy (non-hydrogen) atoms. The predicted molar refractivity (Wildman–Crippen MR) is 106 cm³/mol. The van der Waals surface area contributed by atoms with Gasteiger partial charge in [-0.1, -0.05) is 38.1 Å². The fourth-order valence-corrected chi connectivity index (χ4v) is 4.79. The highest BCUT2D eigenvalue weighted by atomic mass is 16.2. The van der Waals surface area contributed by atoms with E-state index in [0.29, 0.717) is 0 Å². The highest BCUT2D eigenvalue weighted by Crippen LogP contribution is 2.42. The molecule has 0 unspecified atom stereocenters. The summed E-state index contributed by atoms with van der Waals surface area (Å²) in [6.07, 6.45) is 6.27. The lowest BCUT2D eigenvalue weighted by molar-refractivity contribution is -0.137. The fourth-order valence-electron chi connectivity index (χ4n) is 4.79. The molecule has 1 aromatic heterocycles. The van der Waals surface area contributed by atoms with E-state index in [-0.39, 0.29) is 17.2 Å². The molecule has 5 heteroatoms. The van der Waals surface area contributed by atoms with E-state index < -0.39 is 0 Å². The summed E-state index contributed by atoms with van der Waals surface area (Å²) >= 11 is 0. The van der Waals surface area contributed by atoms with Gasteiger partial charge in [0, 0.05) is 49.8 Å². The van der Waals surface area contributed by atoms with Crippen LogP contribution in [-0.4, -0.2) is 45.1 Å². The third-order valence-corrected chi connectivity index (χ3v) is 6.23. The zero-order chi connectivity index (χ0) is 19.0. The molecule has 2 aliphatic heterocycles. The van der Waals surface area contributed by atoms with Crippen LogP contribution in [0.5, 0.6) is 0 Å². The van der Waals surface area contributed by atoms with Crippen molar-refractivity contribution in [3.63, 3.8) is 0 Å². The van der Waals surface area contributed by atoms with Crippen LogP contribution < -0.4 is 0 Å². The van der Waals surface area contributed by atoms with Crippen molar-refractivity contribution in [3.8, 4) is 0 Å². The number of likely N-dealkylation sites (tertiary alicyclic amines) is 1. The Kier molecular flexibility index (Phi) is 4.81. The Hall–Kier alpha value is -2.14. The van der Waals surface area contributed by atoms with E-state index in [2.05, 4.69) is 45.4 Å². The molecule has 1 spiro atoms. The molecule has 1 fully saturated rings. The SMILES string of the molecule is CC(C)C(=O)N1Cc2ccccc2C2(CCN(Cc3cnn(C)c3)CC2)C1. The van der Waals surface area contributed by atoms with Gasteiger partial charge in [0.1, 0.15) is 0 Å². The van der Waals surface area contributed by atoms with Crippen LogP contribution in [0.1, 0.15) is 43.4 Å². The normalized spacial score (nSPS) is 19.5. The standard InChI is InChI=1S/C22H30N4O/c1-17(2)21(27)26-15-19-6-4-5-7-20(19)22(16-26)8-10-25(11-9-22)14-18-12-23-24(3)13-18/h4-7,12-13,17H,8-11,14-16H2,1-3H3. The van der Waals surface area contributed by atoms with Crippen LogP contribution in [0.25, 0.3) is 0 Å². The number of aromatic nitrogens is 2. The number of rotatable bonds is 3. The number of hydrogen-bond donors (Lipinski definition) is 0. The lowest BCUT2D eigenvalue weighted by Gasteiger charge is -2.49. The first kappa shape index (κ1) is 18.2. The number of amides is 1. The van der Waals surface area contributed by atoms with E-state index in [1.165, 1.54) is 16.7 Å². The molecule has 0 bridgehead atoms. The number of fused-ring (bicyclic) bond motifs is 2. The zero-order valence-corrected chi connectivity index (χ0v) is 16.7. The average molecular weight is 367 g/mol. The summed E-state index contributed by atoms with van der Waals surface area (Å²) in [5.74, 6) is 0.333. The average Bonchev–Trinajstić information content (AvgIpc) is 3.08. The molecule has 3 heterocycles. The maximum absolute atomic E-state index is 12.7. The highest BCUT2D eigenvalue weighted by molar-refractivity contribution is 5.78. The van der Waals surface area contributed by atoms with Crippen LogP contribution in [0.3, 0.4) is 0 Å². The first-order valence-electron chi connectivity index (χ1n) is 10.0. The van der Waals surface area contributed by atoms with Gasteiger partial charge in [-0.25, -0.2) is 0 Å². The van der Waals surface area contributed by atoms with Crippen molar-refractivity contribution < 1.29 is 4.79 Å². The summed E-state index contributed by atoms with van der Waals surface area (Å²) < 4.78 is 1.87. The lowest BCUT2D eigenvalue weighted by atomic mass is 9.68. The molecular weight excluding hydrogens is 336 g/mol. The Balaban J connectivity index is 1.53. The fraction of sp³-hybridized carbons (Fsp3) is 0.545. The first-order chi connectivity index (χ1) is 13.0. The van der Waals surface area contributed by atoms with Crippen LogP contribution in [0, 0.1) is 5.92 Å². The molecule has 5 nitrogen and oxygen atoms in total. The quantitative estimate of drug-likeness (QED) is 0.839. The summed E-state index contributed by atoms with van der Waals surface area (Å²) in [5, 5.41) is 4.29. The largest absolute Gasteiger partial charge is 0.337 e. The van der Waals surface area contributed by atoms with Crippen molar-refractivity contribution in [3.05, 3.63) is 53.3 Å². The molecule has 0 aliphatic carbocycles. The molecule has 2 aliphatic rings. The molecule has 1 saturated heterocycles. The third-order valence-electron chi connectivity index (χ3n) is 6.23. The van der Waals surface area contributed by atoms with Gasteiger partial charge in [0.05, 0.1) is 6.20 Å². The van der Waals surface area contributed by atoms with E-state index in [0.717, 1.165) is 45.6 Å². The topological polar surface area (TPSA) is 41.4 Å².